The minimum Gasteiger partial charge on any atom is -0.467 e. The average Bonchev–Trinajstić information content (AvgIpc) is 3.05. The van der Waals surface area contributed by atoms with Crippen LogP contribution in [0.5, 0.6) is 0 Å². The van der Waals surface area contributed by atoms with Gasteiger partial charge in [0.2, 0.25) is 5.91 Å². The molecule has 1 atom stereocenters. The molecule has 7 nitrogen and oxygen atoms in total. The fourth-order valence-electron chi connectivity index (χ4n) is 2.15. The molecule has 18 heavy (non-hydrogen) atoms. The third kappa shape index (κ3) is 2.66. The number of likely N-dealkylation sites (tertiary alicyclic amines) is 1. The van der Waals surface area contributed by atoms with Gasteiger partial charge in [-0.15, -0.1) is 5.10 Å². The average molecular weight is 252 g/mol. The summed E-state index contributed by atoms with van der Waals surface area (Å²) in [5.41, 5.74) is 0. The number of aryl methyl sites for hydroxylation is 1. The first-order valence-electron chi connectivity index (χ1n) is 5.94. The lowest BCUT2D eigenvalue weighted by Gasteiger charge is -2.22. The summed E-state index contributed by atoms with van der Waals surface area (Å²) < 4.78 is 6.30. The molecule has 2 rings (SSSR count). The zero-order valence-corrected chi connectivity index (χ0v) is 10.3. The van der Waals surface area contributed by atoms with Gasteiger partial charge >= 0.3 is 5.97 Å². The van der Waals surface area contributed by atoms with E-state index in [1.54, 1.807) is 22.0 Å². The number of esters is 1. The molecule has 0 aromatic carbocycles. The standard InChI is InChI=1S/C11H16N4O3/c1-18-11(17)9-3-2-6-15(9)10(16)4-7-14-8-5-12-13-14/h5,8-9H,2-4,6-7H2,1H3. The van der Waals surface area contributed by atoms with Crippen molar-refractivity contribution >= 4 is 11.9 Å². The van der Waals surface area contributed by atoms with Crippen molar-refractivity contribution in [1.82, 2.24) is 19.9 Å². The molecule has 1 aromatic heterocycles. The van der Waals surface area contributed by atoms with Gasteiger partial charge in [0.05, 0.1) is 19.9 Å². The Morgan fingerprint density at radius 3 is 3.00 bits per heavy atom. The maximum atomic E-state index is 12.0. The van der Waals surface area contributed by atoms with Crippen LogP contribution in [-0.2, 0) is 20.9 Å². The molecular formula is C11H16N4O3. The largest absolute Gasteiger partial charge is 0.467 e. The summed E-state index contributed by atoms with van der Waals surface area (Å²) in [7, 11) is 1.35. The molecule has 1 amide bonds. The number of carbonyl (C=O) groups excluding carboxylic acids is 2. The Morgan fingerprint density at radius 2 is 2.33 bits per heavy atom. The van der Waals surface area contributed by atoms with E-state index in [2.05, 4.69) is 10.3 Å². The Labute approximate surface area is 105 Å². The van der Waals surface area contributed by atoms with Crippen molar-refractivity contribution in [2.75, 3.05) is 13.7 Å². The SMILES string of the molecule is COC(=O)C1CCCN1C(=O)CCn1ccnn1. The summed E-state index contributed by atoms with van der Waals surface area (Å²) in [6, 6.07) is -0.418. The maximum Gasteiger partial charge on any atom is 0.328 e. The molecule has 0 saturated carbocycles. The Kier molecular flexibility index (Phi) is 3.91. The van der Waals surface area contributed by atoms with E-state index in [1.165, 1.54) is 7.11 Å². The summed E-state index contributed by atoms with van der Waals surface area (Å²) in [6.45, 7) is 1.10. The second-order valence-corrected chi connectivity index (χ2v) is 4.18. The lowest BCUT2D eigenvalue weighted by atomic mass is 10.2. The number of carbonyl (C=O) groups is 2. The second kappa shape index (κ2) is 5.61. The van der Waals surface area contributed by atoms with Crippen LogP contribution >= 0.6 is 0 Å². The third-order valence-electron chi connectivity index (χ3n) is 3.07. The lowest BCUT2D eigenvalue weighted by Crippen LogP contribution is -2.41. The predicted octanol–water partition coefficient (Wildman–Crippen LogP) is -0.168. The minimum absolute atomic E-state index is 0.0431. The summed E-state index contributed by atoms with van der Waals surface area (Å²) in [5.74, 6) is -0.375. The molecule has 0 aliphatic carbocycles. The highest BCUT2D eigenvalue weighted by Gasteiger charge is 2.34. The molecule has 1 aliphatic heterocycles. The van der Waals surface area contributed by atoms with Gasteiger partial charge in [-0.2, -0.15) is 0 Å². The molecule has 0 spiro atoms. The van der Waals surface area contributed by atoms with Gasteiger partial charge in [0.15, 0.2) is 0 Å². The molecule has 1 unspecified atom stereocenters. The molecule has 1 aromatic rings. The highest BCUT2D eigenvalue weighted by molar-refractivity contribution is 5.85. The van der Waals surface area contributed by atoms with Crippen molar-refractivity contribution in [3.05, 3.63) is 12.4 Å². The highest BCUT2D eigenvalue weighted by atomic mass is 16.5. The van der Waals surface area contributed by atoms with Crippen LogP contribution in [0.1, 0.15) is 19.3 Å². The van der Waals surface area contributed by atoms with Crippen LogP contribution in [0.4, 0.5) is 0 Å². The Hall–Kier alpha value is -1.92. The van der Waals surface area contributed by atoms with E-state index in [1.807, 2.05) is 0 Å². The number of aromatic nitrogens is 3. The van der Waals surface area contributed by atoms with E-state index in [4.69, 9.17) is 4.74 Å². The van der Waals surface area contributed by atoms with E-state index in [0.29, 0.717) is 25.9 Å². The summed E-state index contributed by atoms with van der Waals surface area (Å²) in [5, 5.41) is 7.46. The molecule has 1 fully saturated rings. The summed E-state index contributed by atoms with van der Waals surface area (Å²) in [4.78, 5) is 25.1. The first kappa shape index (κ1) is 12.5. The first-order valence-corrected chi connectivity index (χ1v) is 5.94. The molecule has 7 heteroatoms. The van der Waals surface area contributed by atoms with Crippen LogP contribution < -0.4 is 0 Å². The van der Waals surface area contributed by atoms with Gasteiger partial charge in [0, 0.05) is 19.2 Å². The zero-order valence-electron chi connectivity index (χ0n) is 10.3. The number of rotatable bonds is 4. The van der Waals surface area contributed by atoms with Gasteiger partial charge in [0.25, 0.3) is 0 Å². The van der Waals surface area contributed by atoms with Gasteiger partial charge in [-0.25, -0.2) is 4.79 Å². The van der Waals surface area contributed by atoms with Crippen LogP contribution in [0.25, 0.3) is 0 Å². The van der Waals surface area contributed by atoms with E-state index in [0.717, 1.165) is 6.42 Å². The molecule has 1 saturated heterocycles. The Bertz CT molecular complexity index is 418. The maximum absolute atomic E-state index is 12.0. The minimum atomic E-state index is -0.418. The van der Waals surface area contributed by atoms with E-state index < -0.39 is 6.04 Å². The van der Waals surface area contributed by atoms with Crippen molar-refractivity contribution < 1.29 is 14.3 Å². The van der Waals surface area contributed by atoms with Crippen molar-refractivity contribution in [2.24, 2.45) is 0 Å². The number of hydrogen-bond donors (Lipinski definition) is 0. The van der Waals surface area contributed by atoms with Gasteiger partial charge in [0.1, 0.15) is 6.04 Å². The molecule has 0 radical (unpaired) electrons. The van der Waals surface area contributed by atoms with Crippen LogP contribution in [0, 0.1) is 0 Å². The molecule has 0 N–H and O–H groups in total. The zero-order chi connectivity index (χ0) is 13.0. The smallest absolute Gasteiger partial charge is 0.328 e. The number of nitrogens with zero attached hydrogens (tertiary/aromatic N) is 4. The van der Waals surface area contributed by atoms with Crippen molar-refractivity contribution in [3.8, 4) is 0 Å². The fraction of sp³-hybridized carbons (Fsp3) is 0.636. The summed E-state index contributed by atoms with van der Waals surface area (Å²) in [6.07, 6.45) is 5.11. The van der Waals surface area contributed by atoms with Gasteiger partial charge in [-0.1, -0.05) is 5.21 Å². The van der Waals surface area contributed by atoms with Crippen molar-refractivity contribution in [1.29, 1.82) is 0 Å². The summed E-state index contributed by atoms with van der Waals surface area (Å²) >= 11 is 0. The Balaban J connectivity index is 1.89. The predicted molar refractivity (Wildman–Crippen MR) is 61.4 cm³/mol. The van der Waals surface area contributed by atoms with Gasteiger partial charge in [-0.05, 0) is 12.8 Å². The van der Waals surface area contributed by atoms with Crippen LogP contribution in [0.3, 0.4) is 0 Å². The number of hydrogen-bond acceptors (Lipinski definition) is 5. The van der Waals surface area contributed by atoms with E-state index >= 15 is 0 Å². The molecule has 0 bridgehead atoms. The topological polar surface area (TPSA) is 77.3 Å². The monoisotopic (exact) mass is 252 g/mol. The van der Waals surface area contributed by atoms with Gasteiger partial charge < -0.3 is 9.64 Å². The number of amides is 1. The molecule has 98 valence electrons. The van der Waals surface area contributed by atoms with Crippen LogP contribution in [0.2, 0.25) is 0 Å². The Morgan fingerprint density at radius 1 is 1.50 bits per heavy atom. The third-order valence-corrected chi connectivity index (χ3v) is 3.07. The van der Waals surface area contributed by atoms with Crippen LogP contribution in [0.15, 0.2) is 12.4 Å². The normalized spacial score (nSPS) is 18.9. The number of methoxy groups -OCH3 is 1. The van der Waals surface area contributed by atoms with E-state index in [9.17, 15) is 9.59 Å². The fourth-order valence-corrected chi connectivity index (χ4v) is 2.15. The second-order valence-electron chi connectivity index (χ2n) is 4.18. The van der Waals surface area contributed by atoms with E-state index in [-0.39, 0.29) is 11.9 Å². The first-order chi connectivity index (χ1) is 8.72. The van der Waals surface area contributed by atoms with Crippen molar-refractivity contribution in [2.45, 2.75) is 31.8 Å². The molecule has 1 aliphatic rings. The number of ether oxygens (including phenoxy) is 1. The lowest BCUT2D eigenvalue weighted by molar-refractivity contribution is -0.151. The molecular weight excluding hydrogens is 236 g/mol. The quantitative estimate of drug-likeness (QED) is 0.695. The van der Waals surface area contributed by atoms with Gasteiger partial charge in [-0.3, -0.25) is 9.48 Å². The van der Waals surface area contributed by atoms with Crippen LogP contribution in [-0.4, -0.2) is 51.5 Å². The molecule has 2 heterocycles. The highest BCUT2D eigenvalue weighted by Crippen LogP contribution is 2.19. The van der Waals surface area contributed by atoms with Crippen molar-refractivity contribution in [3.63, 3.8) is 0 Å².